The van der Waals surface area contributed by atoms with Crippen LogP contribution in [-0.4, -0.2) is 27.0 Å². The van der Waals surface area contributed by atoms with Crippen LogP contribution in [0.25, 0.3) is 0 Å². The zero-order chi connectivity index (χ0) is 17.3. The first-order valence-corrected chi connectivity index (χ1v) is 7.42. The molecule has 0 saturated heterocycles. The molecule has 24 heavy (non-hydrogen) atoms. The molecule has 9 heteroatoms. The minimum atomic E-state index is -4.63. The predicted molar refractivity (Wildman–Crippen MR) is 80.4 cm³/mol. The molecule has 1 saturated carbocycles. The summed E-state index contributed by atoms with van der Waals surface area (Å²) in [4.78, 5) is 15.7. The van der Waals surface area contributed by atoms with Gasteiger partial charge in [0.25, 0.3) is 0 Å². The highest BCUT2D eigenvalue weighted by molar-refractivity contribution is 5.88. The SMILES string of the molecule is Cn1nc(C2CC2)cc1NC(=O)N[C@H](c1cccnc1)C(F)(F)F. The van der Waals surface area contributed by atoms with E-state index in [4.69, 9.17) is 0 Å². The number of halogens is 3. The molecule has 2 aromatic heterocycles. The lowest BCUT2D eigenvalue weighted by atomic mass is 10.1. The number of carbonyl (C=O) groups is 1. The molecule has 0 unspecified atom stereocenters. The summed E-state index contributed by atoms with van der Waals surface area (Å²) in [7, 11) is 1.63. The molecule has 2 aromatic rings. The number of nitrogens with zero attached hydrogens (tertiary/aromatic N) is 3. The molecule has 0 aliphatic heterocycles. The van der Waals surface area contributed by atoms with Crippen LogP contribution in [0.3, 0.4) is 0 Å². The Morgan fingerprint density at radius 1 is 1.42 bits per heavy atom. The average Bonchev–Trinajstić information content (AvgIpc) is 3.30. The van der Waals surface area contributed by atoms with Gasteiger partial charge in [0.15, 0.2) is 6.04 Å². The zero-order valence-electron chi connectivity index (χ0n) is 12.8. The van der Waals surface area contributed by atoms with Crippen molar-refractivity contribution < 1.29 is 18.0 Å². The topological polar surface area (TPSA) is 71.8 Å². The van der Waals surface area contributed by atoms with Crippen LogP contribution in [0, 0.1) is 0 Å². The minimum Gasteiger partial charge on any atom is -0.322 e. The maximum absolute atomic E-state index is 13.2. The number of rotatable bonds is 4. The predicted octanol–water partition coefficient (Wildman–Crippen LogP) is 3.12. The van der Waals surface area contributed by atoms with E-state index in [0.717, 1.165) is 24.7 Å². The Labute approximate surface area is 136 Å². The summed E-state index contributed by atoms with van der Waals surface area (Å²) in [5.74, 6) is 0.731. The van der Waals surface area contributed by atoms with Crippen LogP contribution in [0.1, 0.15) is 36.1 Å². The number of amides is 2. The van der Waals surface area contributed by atoms with Gasteiger partial charge in [-0.05, 0) is 18.9 Å². The summed E-state index contributed by atoms with van der Waals surface area (Å²) in [6.45, 7) is 0. The number of aromatic nitrogens is 3. The number of aryl methyl sites for hydroxylation is 1. The molecule has 3 rings (SSSR count). The van der Waals surface area contributed by atoms with E-state index in [2.05, 4.69) is 15.4 Å². The number of anilines is 1. The van der Waals surface area contributed by atoms with Crippen molar-refractivity contribution in [3.05, 3.63) is 41.9 Å². The normalized spacial score (nSPS) is 15.8. The molecule has 1 aliphatic rings. The Balaban J connectivity index is 1.72. The van der Waals surface area contributed by atoms with E-state index in [1.165, 1.54) is 23.0 Å². The Kier molecular flexibility index (Phi) is 4.16. The fourth-order valence-electron chi connectivity index (χ4n) is 2.37. The third-order valence-electron chi connectivity index (χ3n) is 3.76. The van der Waals surface area contributed by atoms with Gasteiger partial charge in [-0.15, -0.1) is 0 Å². The Morgan fingerprint density at radius 2 is 2.17 bits per heavy atom. The van der Waals surface area contributed by atoms with Crippen molar-refractivity contribution in [1.29, 1.82) is 0 Å². The molecule has 1 aliphatic carbocycles. The van der Waals surface area contributed by atoms with E-state index < -0.39 is 18.2 Å². The number of urea groups is 1. The Bertz CT molecular complexity index is 724. The summed E-state index contributed by atoms with van der Waals surface area (Å²) in [5.41, 5.74) is 0.705. The van der Waals surface area contributed by atoms with Crippen molar-refractivity contribution in [2.75, 3.05) is 5.32 Å². The van der Waals surface area contributed by atoms with Gasteiger partial charge in [-0.3, -0.25) is 15.0 Å². The van der Waals surface area contributed by atoms with Crippen molar-refractivity contribution in [1.82, 2.24) is 20.1 Å². The minimum absolute atomic E-state index is 0.135. The lowest BCUT2D eigenvalue weighted by Gasteiger charge is -2.21. The smallest absolute Gasteiger partial charge is 0.322 e. The molecule has 2 N–H and O–H groups in total. The number of pyridine rings is 1. The van der Waals surface area contributed by atoms with Gasteiger partial charge in [-0.2, -0.15) is 18.3 Å². The van der Waals surface area contributed by atoms with Crippen LogP contribution >= 0.6 is 0 Å². The van der Waals surface area contributed by atoms with Gasteiger partial charge in [-0.1, -0.05) is 6.07 Å². The lowest BCUT2D eigenvalue weighted by Crippen LogP contribution is -2.40. The van der Waals surface area contributed by atoms with E-state index >= 15 is 0 Å². The van der Waals surface area contributed by atoms with Gasteiger partial charge in [-0.25, -0.2) is 4.79 Å². The molecule has 2 heterocycles. The number of alkyl halides is 3. The van der Waals surface area contributed by atoms with E-state index in [9.17, 15) is 18.0 Å². The van der Waals surface area contributed by atoms with E-state index in [0.29, 0.717) is 11.7 Å². The molecule has 6 nitrogen and oxygen atoms in total. The van der Waals surface area contributed by atoms with Crippen LogP contribution in [0.15, 0.2) is 30.6 Å². The zero-order valence-corrected chi connectivity index (χ0v) is 12.8. The number of hydrogen-bond acceptors (Lipinski definition) is 3. The lowest BCUT2D eigenvalue weighted by molar-refractivity contribution is -0.154. The van der Waals surface area contributed by atoms with Crippen LogP contribution in [0.5, 0.6) is 0 Å². The fourth-order valence-corrected chi connectivity index (χ4v) is 2.37. The van der Waals surface area contributed by atoms with Gasteiger partial charge in [0, 0.05) is 37.0 Å². The molecular weight excluding hydrogens is 323 g/mol. The first kappa shape index (κ1) is 16.3. The van der Waals surface area contributed by atoms with Crippen LogP contribution in [0.2, 0.25) is 0 Å². The summed E-state index contributed by atoms with van der Waals surface area (Å²) in [5, 5.41) is 8.62. The first-order chi connectivity index (χ1) is 11.3. The number of hydrogen-bond donors (Lipinski definition) is 2. The third-order valence-corrected chi connectivity index (χ3v) is 3.76. The van der Waals surface area contributed by atoms with Crippen molar-refractivity contribution in [3.63, 3.8) is 0 Å². The second-order valence-electron chi connectivity index (χ2n) is 5.71. The molecular formula is C15H16F3N5O. The quantitative estimate of drug-likeness (QED) is 0.899. The van der Waals surface area contributed by atoms with E-state index in [-0.39, 0.29) is 5.56 Å². The maximum Gasteiger partial charge on any atom is 0.412 e. The third kappa shape index (κ3) is 3.66. The summed E-state index contributed by atoms with van der Waals surface area (Å²) < 4.78 is 41.1. The van der Waals surface area contributed by atoms with Crippen molar-refractivity contribution >= 4 is 11.8 Å². The van der Waals surface area contributed by atoms with Crippen LogP contribution < -0.4 is 10.6 Å². The van der Waals surface area contributed by atoms with E-state index in [1.807, 2.05) is 5.32 Å². The van der Waals surface area contributed by atoms with Gasteiger partial charge >= 0.3 is 12.2 Å². The highest BCUT2D eigenvalue weighted by atomic mass is 19.4. The highest BCUT2D eigenvalue weighted by Gasteiger charge is 2.42. The number of carbonyl (C=O) groups excluding carboxylic acids is 1. The van der Waals surface area contributed by atoms with Crippen LogP contribution in [-0.2, 0) is 7.05 Å². The second-order valence-corrected chi connectivity index (χ2v) is 5.71. The highest BCUT2D eigenvalue weighted by Crippen LogP contribution is 2.40. The average molecular weight is 339 g/mol. The molecule has 1 fully saturated rings. The molecule has 0 spiro atoms. The standard InChI is InChI=1S/C15H16F3N5O/c1-23-12(7-11(22-23)9-4-5-9)20-14(24)21-13(15(16,17)18)10-3-2-6-19-8-10/h2-3,6-9,13H,4-5H2,1H3,(H2,20,21,24)/t13-/m1/s1. The first-order valence-electron chi connectivity index (χ1n) is 7.42. The second kappa shape index (κ2) is 6.14. The fraction of sp³-hybridized carbons (Fsp3) is 0.400. The molecule has 0 radical (unpaired) electrons. The molecule has 0 aromatic carbocycles. The summed E-state index contributed by atoms with van der Waals surface area (Å²) >= 11 is 0. The monoisotopic (exact) mass is 339 g/mol. The Hall–Kier alpha value is -2.58. The Morgan fingerprint density at radius 3 is 2.75 bits per heavy atom. The van der Waals surface area contributed by atoms with Gasteiger partial charge in [0.2, 0.25) is 0 Å². The summed E-state index contributed by atoms with van der Waals surface area (Å²) in [6, 6.07) is 1.25. The summed E-state index contributed by atoms with van der Waals surface area (Å²) in [6.07, 6.45) is -0.106. The molecule has 2 amide bonds. The van der Waals surface area contributed by atoms with E-state index in [1.54, 1.807) is 13.1 Å². The largest absolute Gasteiger partial charge is 0.412 e. The van der Waals surface area contributed by atoms with Crippen LogP contribution in [0.4, 0.5) is 23.8 Å². The molecule has 0 bridgehead atoms. The molecule has 128 valence electrons. The molecule has 1 atom stereocenters. The van der Waals surface area contributed by atoms with Gasteiger partial charge in [0.05, 0.1) is 5.69 Å². The van der Waals surface area contributed by atoms with Gasteiger partial charge in [0.1, 0.15) is 5.82 Å². The maximum atomic E-state index is 13.2. The van der Waals surface area contributed by atoms with Crippen molar-refractivity contribution in [3.8, 4) is 0 Å². The number of nitrogens with one attached hydrogen (secondary N) is 2. The van der Waals surface area contributed by atoms with Gasteiger partial charge < -0.3 is 5.32 Å². The van der Waals surface area contributed by atoms with Crippen molar-refractivity contribution in [2.24, 2.45) is 7.05 Å². The van der Waals surface area contributed by atoms with Crippen molar-refractivity contribution in [2.45, 2.75) is 31.0 Å².